The van der Waals surface area contributed by atoms with Gasteiger partial charge in [-0.2, -0.15) is 0 Å². The van der Waals surface area contributed by atoms with Crippen molar-refractivity contribution in [2.45, 2.75) is 19.4 Å². The van der Waals surface area contributed by atoms with Gasteiger partial charge in [0.25, 0.3) is 5.69 Å². The van der Waals surface area contributed by atoms with Gasteiger partial charge in [-0.15, -0.1) is 0 Å². The molecule has 26 heavy (non-hydrogen) atoms. The summed E-state index contributed by atoms with van der Waals surface area (Å²) in [5, 5.41) is 11.3. The number of non-ortho nitro benzene ring substituents is 1. The number of aromatic nitrogens is 1. The van der Waals surface area contributed by atoms with Gasteiger partial charge in [0.05, 0.1) is 28.9 Å². The Bertz CT molecular complexity index is 785. The third kappa shape index (κ3) is 3.99. The molecule has 138 valence electrons. The lowest BCUT2D eigenvalue weighted by molar-refractivity contribution is -0.384. The van der Waals surface area contributed by atoms with Crippen molar-refractivity contribution in [2.24, 2.45) is 5.92 Å². The van der Waals surface area contributed by atoms with Crippen LogP contribution in [0.1, 0.15) is 13.3 Å². The molecule has 3 rings (SSSR count). The van der Waals surface area contributed by atoms with Gasteiger partial charge < -0.3 is 14.4 Å². The highest BCUT2D eigenvalue weighted by molar-refractivity contribution is 6.33. The molecule has 0 unspecified atom stereocenters. The molecular weight excluding hydrogens is 358 g/mol. The van der Waals surface area contributed by atoms with Crippen LogP contribution in [0.5, 0.6) is 11.6 Å². The molecule has 1 fully saturated rings. The van der Waals surface area contributed by atoms with Crippen molar-refractivity contribution in [3.05, 3.63) is 51.7 Å². The maximum atomic E-state index is 10.7. The predicted molar refractivity (Wildman–Crippen MR) is 99.3 cm³/mol. The number of methoxy groups -OCH3 is 1. The first-order chi connectivity index (χ1) is 12.5. The minimum absolute atomic E-state index is 0.0372. The first-order valence-electron chi connectivity index (χ1n) is 8.33. The van der Waals surface area contributed by atoms with Crippen LogP contribution < -0.4 is 14.4 Å². The number of nitrogens with zero attached hydrogens (tertiary/aromatic N) is 3. The van der Waals surface area contributed by atoms with Gasteiger partial charge in [0, 0.05) is 43.6 Å². The molecule has 0 amide bonds. The van der Waals surface area contributed by atoms with Crippen LogP contribution in [-0.2, 0) is 0 Å². The predicted octanol–water partition coefficient (Wildman–Crippen LogP) is 3.95. The summed E-state index contributed by atoms with van der Waals surface area (Å²) < 4.78 is 11.2. The second kappa shape index (κ2) is 7.78. The number of hydrogen-bond acceptors (Lipinski definition) is 6. The average molecular weight is 378 g/mol. The molecule has 2 aromatic rings. The van der Waals surface area contributed by atoms with Crippen LogP contribution in [0.3, 0.4) is 0 Å². The topological polar surface area (TPSA) is 77.7 Å². The lowest BCUT2D eigenvalue weighted by atomic mass is 9.96. The summed E-state index contributed by atoms with van der Waals surface area (Å²) in [6.07, 6.45) is 2.45. The number of rotatable bonds is 5. The molecule has 2 heterocycles. The highest BCUT2D eigenvalue weighted by Gasteiger charge is 2.29. The molecule has 0 N–H and O–H groups in total. The van der Waals surface area contributed by atoms with E-state index in [0.29, 0.717) is 16.7 Å². The standard InChI is InChI=1S/C18H20ClN3O4/c1-12-11-21(16-9-18(25-2)20-10-15(16)19)8-7-17(12)26-14-5-3-13(4-6-14)22(23)24/h3-6,9-10,12,17H,7-8,11H2,1-2H3/t12-,17-/m1/s1. The molecule has 2 atom stereocenters. The number of anilines is 1. The van der Waals surface area contributed by atoms with Crippen LogP contribution in [-0.4, -0.2) is 36.2 Å². The first kappa shape index (κ1) is 18.3. The van der Waals surface area contributed by atoms with E-state index in [-0.39, 0.29) is 17.7 Å². The van der Waals surface area contributed by atoms with Gasteiger partial charge in [-0.05, 0) is 12.1 Å². The number of nitro groups is 1. The van der Waals surface area contributed by atoms with Crippen molar-refractivity contribution in [1.82, 2.24) is 4.98 Å². The normalized spacial score (nSPS) is 19.9. The van der Waals surface area contributed by atoms with Crippen molar-refractivity contribution in [2.75, 3.05) is 25.1 Å². The fourth-order valence-corrected chi connectivity index (χ4v) is 3.33. The van der Waals surface area contributed by atoms with E-state index in [4.69, 9.17) is 21.1 Å². The molecular formula is C18H20ClN3O4. The van der Waals surface area contributed by atoms with Crippen molar-refractivity contribution in [3.63, 3.8) is 0 Å². The summed E-state index contributed by atoms with van der Waals surface area (Å²) in [6, 6.07) is 8.03. The van der Waals surface area contributed by atoms with Gasteiger partial charge in [0.1, 0.15) is 11.9 Å². The Hall–Kier alpha value is -2.54. The van der Waals surface area contributed by atoms with Gasteiger partial charge in [-0.1, -0.05) is 18.5 Å². The fraction of sp³-hybridized carbons (Fsp3) is 0.389. The number of ether oxygens (including phenoxy) is 2. The number of hydrogen-bond donors (Lipinski definition) is 0. The number of benzene rings is 1. The molecule has 0 radical (unpaired) electrons. The summed E-state index contributed by atoms with van der Waals surface area (Å²) in [4.78, 5) is 16.6. The number of pyridine rings is 1. The Kier molecular flexibility index (Phi) is 5.46. The Labute approximate surface area is 156 Å². The van der Waals surface area contributed by atoms with Gasteiger partial charge in [0.15, 0.2) is 0 Å². The SMILES string of the molecule is COc1cc(N2CC[C@@H](Oc3ccc([N+](=O)[O-])cc3)[C@H](C)C2)c(Cl)cn1. The van der Waals surface area contributed by atoms with E-state index >= 15 is 0 Å². The zero-order chi connectivity index (χ0) is 18.7. The quantitative estimate of drug-likeness (QED) is 0.580. The van der Waals surface area contributed by atoms with E-state index < -0.39 is 4.92 Å². The van der Waals surface area contributed by atoms with Crippen LogP contribution in [0, 0.1) is 16.0 Å². The summed E-state index contributed by atoms with van der Waals surface area (Å²) in [5.41, 5.74) is 0.959. The van der Waals surface area contributed by atoms with E-state index in [2.05, 4.69) is 16.8 Å². The summed E-state index contributed by atoms with van der Waals surface area (Å²) >= 11 is 6.29. The second-order valence-corrected chi connectivity index (χ2v) is 6.70. The summed E-state index contributed by atoms with van der Waals surface area (Å²) in [5.74, 6) is 1.43. The molecule has 8 heteroatoms. The highest BCUT2D eigenvalue weighted by Crippen LogP contribution is 2.33. The second-order valence-electron chi connectivity index (χ2n) is 6.30. The van der Waals surface area contributed by atoms with Gasteiger partial charge in [0.2, 0.25) is 5.88 Å². The van der Waals surface area contributed by atoms with Crippen molar-refractivity contribution >= 4 is 23.0 Å². The van der Waals surface area contributed by atoms with E-state index in [0.717, 1.165) is 25.2 Å². The minimum Gasteiger partial charge on any atom is -0.490 e. The van der Waals surface area contributed by atoms with Gasteiger partial charge in [-0.3, -0.25) is 10.1 Å². The number of halogens is 1. The van der Waals surface area contributed by atoms with Crippen LogP contribution in [0.15, 0.2) is 36.5 Å². The lowest BCUT2D eigenvalue weighted by Gasteiger charge is -2.38. The van der Waals surface area contributed by atoms with Gasteiger partial charge >= 0.3 is 0 Å². The lowest BCUT2D eigenvalue weighted by Crippen LogP contribution is -2.44. The molecule has 1 aliphatic heterocycles. The van der Waals surface area contributed by atoms with Crippen LogP contribution >= 0.6 is 11.6 Å². The smallest absolute Gasteiger partial charge is 0.269 e. The van der Waals surface area contributed by atoms with E-state index in [1.165, 1.54) is 12.1 Å². The largest absolute Gasteiger partial charge is 0.490 e. The van der Waals surface area contributed by atoms with Crippen molar-refractivity contribution in [1.29, 1.82) is 0 Å². The molecule has 1 saturated heterocycles. The molecule has 7 nitrogen and oxygen atoms in total. The molecule has 0 spiro atoms. The Balaban J connectivity index is 1.66. The third-order valence-corrected chi connectivity index (χ3v) is 4.81. The zero-order valence-corrected chi connectivity index (χ0v) is 15.3. The monoisotopic (exact) mass is 377 g/mol. The Morgan fingerprint density at radius 1 is 1.35 bits per heavy atom. The summed E-state index contributed by atoms with van der Waals surface area (Å²) in [7, 11) is 1.58. The Morgan fingerprint density at radius 2 is 2.08 bits per heavy atom. The summed E-state index contributed by atoms with van der Waals surface area (Å²) in [6.45, 7) is 3.69. The van der Waals surface area contributed by atoms with E-state index in [1.807, 2.05) is 6.07 Å². The maximum Gasteiger partial charge on any atom is 0.269 e. The Morgan fingerprint density at radius 3 is 2.69 bits per heavy atom. The molecule has 0 bridgehead atoms. The van der Waals surface area contributed by atoms with Crippen LogP contribution in [0.2, 0.25) is 5.02 Å². The minimum atomic E-state index is -0.419. The highest BCUT2D eigenvalue weighted by atomic mass is 35.5. The van der Waals surface area contributed by atoms with Crippen LogP contribution in [0.4, 0.5) is 11.4 Å². The average Bonchev–Trinajstić information content (AvgIpc) is 2.64. The van der Waals surface area contributed by atoms with Gasteiger partial charge in [-0.25, -0.2) is 4.98 Å². The molecule has 0 saturated carbocycles. The maximum absolute atomic E-state index is 10.7. The molecule has 1 aliphatic rings. The molecule has 1 aromatic heterocycles. The zero-order valence-electron chi connectivity index (χ0n) is 14.6. The molecule has 1 aromatic carbocycles. The van der Waals surface area contributed by atoms with Crippen molar-refractivity contribution < 1.29 is 14.4 Å². The first-order valence-corrected chi connectivity index (χ1v) is 8.71. The molecule has 0 aliphatic carbocycles. The number of nitro benzene ring substituents is 1. The van der Waals surface area contributed by atoms with E-state index in [9.17, 15) is 10.1 Å². The third-order valence-electron chi connectivity index (χ3n) is 4.52. The fourth-order valence-electron chi connectivity index (χ4n) is 3.10. The van der Waals surface area contributed by atoms with E-state index in [1.54, 1.807) is 25.4 Å². The van der Waals surface area contributed by atoms with Crippen molar-refractivity contribution in [3.8, 4) is 11.6 Å². The number of piperidine rings is 1. The van der Waals surface area contributed by atoms with Crippen LogP contribution in [0.25, 0.3) is 0 Å².